The number of nitrogens with one attached hydrogen (secondary N) is 1. The number of halogens is 1. The first kappa shape index (κ1) is 13.7. The SMILES string of the molecule is O=C(O)[C@H]1[C@H](C(=O)Nc2ncc(Br)s2)[C@@H]2CC[C@H]1C21CC1. The third-order valence-electron chi connectivity index (χ3n) is 5.64. The second-order valence-electron chi connectivity index (χ2n) is 6.37. The van der Waals surface area contributed by atoms with Gasteiger partial charge in [-0.15, -0.1) is 0 Å². The number of nitrogens with zero attached hydrogens (tertiary/aromatic N) is 1. The monoisotopic (exact) mass is 370 g/mol. The molecule has 3 fully saturated rings. The molecule has 1 aromatic rings. The van der Waals surface area contributed by atoms with Crippen molar-refractivity contribution < 1.29 is 14.7 Å². The van der Waals surface area contributed by atoms with E-state index in [1.54, 1.807) is 6.20 Å². The topological polar surface area (TPSA) is 79.3 Å². The Morgan fingerprint density at radius 3 is 2.52 bits per heavy atom. The van der Waals surface area contributed by atoms with E-state index < -0.39 is 17.8 Å². The number of hydrogen-bond acceptors (Lipinski definition) is 4. The van der Waals surface area contributed by atoms with Gasteiger partial charge in [0.1, 0.15) is 0 Å². The fraction of sp³-hybridized carbons (Fsp3) is 0.643. The van der Waals surface area contributed by atoms with Gasteiger partial charge in [0, 0.05) is 0 Å². The molecule has 4 rings (SSSR count). The fourth-order valence-electron chi connectivity index (χ4n) is 4.84. The number of anilines is 1. The zero-order valence-corrected chi connectivity index (χ0v) is 13.6. The molecule has 1 amide bonds. The van der Waals surface area contributed by atoms with Crippen molar-refractivity contribution in [1.29, 1.82) is 0 Å². The van der Waals surface area contributed by atoms with E-state index >= 15 is 0 Å². The van der Waals surface area contributed by atoms with Crippen LogP contribution in [0.1, 0.15) is 25.7 Å². The van der Waals surface area contributed by atoms with Gasteiger partial charge in [-0.2, -0.15) is 0 Å². The number of rotatable bonds is 3. The molecule has 21 heavy (non-hydrogen) atoms. The van der Waals surface area contributed by atoms with Crippen molar-refractivity contribution in [3.63, 3.8) is 0 Å². The molecule has 1 spiro atoms. The second kappa shape index (κ2) is 4.52. The van der Waals surface area contributed by atoms with Crippen molar-refractivity contribution >= 4 is 44.3 Å². The summed E-state index contributed by atoms with van der Waals surface area (Å²) in [7, 11) is 0. The molecule has 3 aliphatic rings. The van der Waals surface area contributed by atoms with Crippen molar-refractivity contribution in [1.82, 2.24) is 4.98 Å². The minimum atomic E-state index is -0.811. The molecule has 1 aromatic heterocycles. The predicted octanol–water partition coefficient (Wildman–Crippen LogP) is 2.98. The highest BCUT2D eigenvalue weighted by Gasteiger charge is 2.71. The number of carboxylic acids is 1. The highest BCUT2D eigenvalue weighted by Crippen LogP contribution is 2.74. The van der Waals surface area contributed by atoms with Crippen molar-refractivity contribution in [2.45, 2.75) is 25.7 Å². The van der Waals surface area contributed by atoms with Crippen LogP contribution in [-0.2, 0) is 9.59 Å². The number of aromatic nitrogens is 1. The van der Waals surface area contributed by atoms with Crippen LogP contribution in [0.4, 0.5) is 5.13 Å². The Balaban J connectivity index is 1.61. The quantitative estimate of drug-likeness (QED) is 0.856. The van der Waals surface area contributed by atoms with E-state index in [0.29, 0.717) is 5.13 Å². The van der Waals surface area contributed by atoms with E-state index in [-0.39, 0.29) is 23.2 Å². The minimum absolute atomic E-state index is 0.161. The first-order valence-corrected chi connectivity index (χ1v) is 8.79. The summed E-state index contributed by atoms with van der Waals surface area (Å²) in [6, 6.07) is 0. The van der Waals surface area contributed by atoms with E-state index in [4.69, 9.17) is 0 Å². The summed E-state index contributed by atoms with van der Waals surface area (Å²) in [6.07, 6.45) is 5.79. The van der Waals surface area contributed by atoms with E-state index in [1.807, 2.05) is 0 Å². The summed E-state index contributed by atoms with van der Waals surface area (Å²) in [5.41, 5.74) is 0.161. The lowest BCUT2D eigenvalue weighted by Crippen LogP contribution is -2.37. The van der Waals surface area contributed by atoms with Gasteiger partial charge in [-0.3, -0.25) is 9.59 Å². The number of aliphatic carboxylic acids is 1. The average molecular weight is 371 g/mol. The van der Waals surface area contributed by atoms with E-state index in [1.165, 1.54) is 11.3 Å². The summed E-state index contributed by atoms with van der Waals surface area (Å²) in [4.78, 5) is 28.4. The maximum Gasteiger partial charge on any atom is 0.307 e. The van der Waals surface area contributed by atoms with Crippen molar-refractivity contribution in [2.75, 3.05) is 5.32 Å². The maximum absolute atomic E-state index is 12.6. The number of carbonyl (C=O) groups excluding carboxylic acids is 1. The standard InChI is InChI=1S/C14H15BrN2O3S/c15-8-5-16-13(21-8)17-11(18)9-6-1-2-7(10(9)12(19)20)14(6)3-4-14/h5-7,9-10H,1-4H2,(H,19,20)(H,16,17,18)/t6-,7+,9+,10+/m0/s1. The van der Waals surface area contributed by atoms with Crippen LogP contribution in [0.15, 0.2) is 9.98 Å². The molecule has 0 saturated heterocycles. The lowest BCUT2D eigenvalue weighted by molar-refractivity contribution is -0.148. The van der Waals surface area contributed by atoms with Crippen LogP contribution in [0.25, 0.3) is 0 Å². The van der Waals surface area contributed by atoms with Gasteiger partial charge in [0.15, 0.2) is 5.13 Å². The Bertz CT molecular complexity index is 627. The Labute approximate surface area is 134 Å². The van der Waals surface area contributed by atoms with Crippen LogP contribution in [0.3, 0.4) is 0 Å². The molecule has 0 unspecified atom stereocenters. The third kappa shape index (κ3) is 1.90. The lowest BCUT2D eigenvalue weighted by atomic mass is 9.79. The molecular formula is C14H15BrN2O3S. The van der Waals surface area contributed by atoms with Crippen LogP contribution >= 0.6 is 27.3 Å². The number of amides is 1. The molecule has 0 aromatic carbocycles. The number of carbonyl (C=O) groups is 2. The average Bonchev–Trinajstić information content (AvgIpc) is 2.93. The zero-order chi connectivity index (χ0) is 14.8. The van der Waals surface area contributed by atoms with E-state index in [9.17, 15) is 14.7 Å². The fourth-order valence-corrected chi connectivity index (χ4v) is 5.95. The molecule has 1 heterocycles. The summed E-state index contributed by atoms with van der Waals surface area (Å²) >= 11 is 4.66. The maximum atomic E-state index is 12.6. The first-order chi connectivity index (χ1) is 10.0. The normalized spacial score (nSPS) is 35.1. The molecule has 4 atom stereocenters. The zero-order valence-electron chi connectivity index (χ0n) is 11.2. The number of hydrogen-bond donors (Lipinski definition) is 2. The Hall–Kier alpha value is -0.950. The summed E-state index contributed by atoms with van der Waals surface area (Å²) in [5, 5.41) is 12.9. The van der Waals surface area contributed by atoms with Gasteiger partial charge < -0.3 is 10.4 Å². The minimum Gasteiger partial charge on any atom is -0.481 e. The van der Waals surface area contributed by atoms with Gasteiger partial charge in [0.2, 0.25) is 5.91 Å². The second-order valence-corrected chi connectivity index (χ2v) is 8.78. The predicted molar refractivity (Wildman–Crippen MR) is 80.9 cm³/mol. The molecule has 7 heteroatoms. The molecule has 112 valence electrons. The number of thiazole rings is 1. The van der Waals surface area contributed by atoms with E-state index in [2.05, 4.69) is 26.2 Å². The van der Waals surface area contributed by atoms with Crippen LogP contribution in [0, 0.1) is 29.1 Å². The van der Waals surface area contributed by atoms with E-state index in [0.717, 1.165) is 29.5 Å². The summed E-state index contributed by atoms with van der Waals surface area (Å²) < 4.78 is 0.846. The van der Waals surface area contributed by atoms with Crippen LogP contribution in [0.2, 0.25) is 0 Å². The van der Waals surface area contributed by atoms with Gasteiger partial charge in [-0.05, 0) is 58.9 Å². The third-order valence-corrected chi connectivity index (χ3v) is 7.03. The van der Waals surface area contributed by atoms with Crippen LogP contribution in [-0.4, -0.2) is 22.0 Å². The molecule has 0 aliphatic heterocycles. The first-order valence-electron chi connectivity index (χ1n) is 7.18. The van der Waals surface area contributed by atoms with Crippen LogP contribution < -0.4 is 5.32 Å². The largest absolute Gasteiger partial charge is 0.481 e. The van der Waals surface area contributed by atoms with Gasteiger partial charge >= 0.3 is 5.97 Å². The van der Waals surface area contributed by atoms with Gasteiger partial charge in [-0.1, -0.05) is 11.3 Å². The number of carboxylic acid groups (broad SMARTS) is 1. The lowest BCUT2D eigenvalue weighted by Gasteiger charge is -2.26. The van der Waals surface area contributed by atoms with Crippen molar-refractivity contribution in [2.24, 2.45) is 29.1 Å². The van der Waals surface area contributed by atoms with Gasteiger partial charge in [-0.25, -0.2) is 4.98 Å². The van der Waals surface area contributed by atoms with Crippen molar-refractivity contribution in [3.8, 4) is 0 Å². The molecule has 2 N–H and O–H groups in total. The van der Waals surface area contributed by atoms with Crippen molar-refractivity contribution in [3.05, 3.63) is 9.98 Å². The molecule has 3 saturated carbocycles. The highest BCUT2D eigenvalue weighted by atomic mass is 79.9. The van der Waals surface area contributed by atoms with Crippen LogP contribution in [0.5, 0.6) is 0 Å². The molecule has 2 bridgehead atoms. The Morgan fingerprint density at radius 1 is 1.33 bits per heavy atom. The molecular weight excluding hydrogens is 356 g/mol. The smallest absolute Gasteiger partial charge is 0.307 e. The molecule has 5 nitrogen and oxygen atoms in total. The van der Waals surface area contributed by atoms with Gasteiger partial charge in [0.25, 0.3) is 0 Å². The Morgan fingerprint density at radius 2 is 2.00 bits per heavy atom. The van der Waals surface area contributed by atoms with Gasteiger partial charge in [0.05, 0.1) is 21.8 Å². The Kier molecular flexibility index (Phi) is 2.95. The highest BCUT2D eigenvalue weighted by molar-refractivity contribution is 9.11. The summed E-state index contributed by atoms with van der Waals surface area (Å²) in [6.45, 7) is 0. The molecule has 3 aliphatic carbocycles. The molecule has 0 radical (unpaired) electrons. The summed E-state index contributed by atoms with van der Waals surface area (Å²) in [5.74, 6) is -1.46.